The van der Waals surface area contributed by atoms with E-state index in [1.165, 1.54) is 11.1 Å². The van der Waals surface area contributed by atoms with Crippen LogP contribution >= 0.6 is 0 Å². The quantitative estimate of drug-likeness (QED) is 0.702. The third kappa shape index (κ3) is 2.12. The number of hydrogen-bond acceptors (Lipinski definition) is 3. The Kier molecular flexibility index (Phi) is 2.83. The van der Waals surface area contributed by atoms with E-state index in [2.05, 4.69) is 41.5 Å². The molecule has 0 fully saturated rings. The molecular weight excluding hydrogens is 236 g/mol. The molecule has 3 rings (SSSR count). The van der Waals surface area contributed by atoms with Crippen molar-refractivity contribution in [1.82, 2.24) is 20.2 Å². The number of benzene rings is 2. The molecule has 0 radical (unpaired) electrons. The zero-order valence-corrected chi connectivity index (χ0v) is 10.9. The lowest BCUT2D eigenvalue weighted by molar-refractivity contribution is 0.790. The fourth-order valence-electron chi connectivity index (χ4n) is 1.99. The van der Waals surface area contributed by atoms with Crippen LogP contribution in [0.1, 0.15) is 11.1 Å². The lowest BCUT2D eigenvalue weighted by Gasteiger charge is -2.07. The van der Waals surface area contributed by atoms with Gasteiger partial charge in [-0.3, -0.25) is 0 Å². The van der Waals surface area contributed by atoms with Crippen LogP contribution in [0.25, 0.3) is 17.1 Å². The van der Waals surface area contributed by atoms with E-state index in [-0.39, 0.29) is 0 Å². The van der Waals surface area contributed by atoms with Crippen LogP contribution in [0.5, 0.6) is 0 Å². The molecule has 0 bridgehead atoms. The molecule has 19 heavy (non-hydrogen) atoms. The first kappa shape index (κ1) is 11.6. The van der Waals surface area contributed by atoms with Crippen LogP contribution in [0.2, 0.25) is 0 Å². The van der Waals surface area contributed by atoms with Gasteiger partial charge in [0.1, 0.15) is 0 Å². The van der Waals surface area contributed by atoms with Crippen molar-refractivity contribution < 1.29 is 0 Å². The summed E-state index contributed by atoms with van der Waals surface area (Å²) in [5.74, 6) is 0.754. The van der Waals surface area contributed by atoms with Gasteiger partial charge in [-0.15, -0.1) is 5.10 Å². The van der Waals surface area contributed by atoms with Crippen LogP contribution in [0.4, 0.5) is 0 Å². The molecule has 0 saturated carbocycles. The normalized spacial score (nSPS) is 10.6. The van der Waals surface area contributed by atoms with Gasteiger partial charge >= 0.3 is 0 Å². The number of rotatable bonds is 2. The summed E-state index contributed by atoms with van der Waals surface area (Å²) in [6, 6.07) is 16.2. The van der Waals surface area contributed by atoms with E-state index in [1.807, 2.05) is 36.4 Å². The molecule has 4 nitrogen and oxygen atoms in total. The van der Waals surface area contributed by atoms with Crippen LogP contribution in [0, 0.1) is 13.8 Å². The van der Waals surface area contributed by atoms with E-state index in [1.54, 1.807) is 4.68 Å². The van der Waals surface area contributed by atoms with Crippen molar-refractivity contribution in [2.24, 2.45) is 0 Å². The summed E-state index contributed by atoms with van der Waals surface area (Å²) in [5, 5.41) is 12.0. The third-order valence-electron chi connectivity index (χ3n) is 3.24. The van der Waals surface area contributed by atoms with Gasteiger partial charge in [-0.2, -0.15) is 4.68 Å². The molecule has 0 unspecified atom stereocenters. The number of nitrogens with zero attached hydrogens (tertiary/aromatic N) is 4. The second-order valence-electron chi connectivity index (χ2n) is 4.55. The highest BCUT2D eigenvalue weighted by Crippen LogP contribution is 2.20. The number of aryl methyl sites for hydroxylation is 2. The monoisotopic (exact) mass is 250 g/mol. The molecule has 0 spiro atoms. The predicted octanol–water partition coefficient (Wildman–Crippen LogP) is 2.95. The summed E-state index contributed by atoms with van der Waals surface area (Å²) in [4.78, 5) is 0. The molecule has 0 aliphatic rings. The first-order valence-electron chi connectivity index (χ1n) is 6.17. The van der Waals surface area contributed by atoms with E-state index in [9.17, 15) is 0 Å². The summed E-state index contributed by atoms with van der Waals surface area (Å²) >= 11 is 0. The Labute approximate surface area is 111 Å². The predicted molar refractivity (Wildman–Crippen MR) is 74.1 cm³/mol. The molecule has 0 aliphatic carbocycles. The van der Waals surface area contributed by atoms with Crippen LogP contribution < -0.4 is 0 Å². The Morgan fingerprint density at radius 1 is 0.895 bits per heavy atom. The molecular formula is C15H14N4. The molecule has 4 heteroatoms. The molecule has 0 N–H and O–H groups in total. The van der Waals surface area contributed by atoms with E-state index < -0.39 is 0 Å². The Morgan fingerprint density at radius 3 is 2.42 bits per heavy atom. The first-order chi connectivity index (χ1) is 9.25. The van der Waals surface area contributed by atoms with E-state index >= 15 is 0 Å². The van der Waals surface area contributed by atoms with Crippen molar-refractivity contribution >= 4 is 0 Å². The summed E-state index contributed by atoms with van der Waals surface area (Å²) in [6.07, 6.45) is 0. The Hall–Kier alpha value is -2.49. The zero-order chi connectivity index (χ0) is 13.2. The number of aromatic nitrogens is 4. The smallest absolute Gasteiger partial charge is 0.187 e. The maximum atomic E-state index is 4.12. The van der Waals surface area contributed by atoms with E-state index in [4.69, 9.17) is 0 Å². The van der Waals surface area contributed by atoms with Gasteiger partial charge in [-0.05, 0) is 47.5 Å². The molecule has 2 aromatic carbocycles. The molecule has 0 amide bonds. The zero-order valence-electron chi connectivity index (χ0n) is 10.9. The minimum absolute atomic E-state index is 0.754. The van der Waals surface area contributed by atoms with Crippen LogP contribution in [-0.2, 0) is 0 Å². The van der Waals surface area contributed by atoms with Gasteiger partial charge < -0.3 is 0 Å². The standard InChI is InChI=1S/C15H14N4/c1-11-8-9-14(10-12(11)2)19-15(16-17-18-19)13-6-4-3-5-7-13/h3-10H,1-2H3. The third-order valence-corrected chi connectivity index (χ3v) is 3.24. The lowest BCUT2D eigenvalue weighted by Crippen LogP contribution is -2.00. The number of tetrazole rings is 1. The van der Waals surface area contributed by atoms with Crippen molar-refractivity contribution in [2.75, 3.05) is 0 Å². The largest absolute Gasteiger partial charge is 0.193 e. The van der Waals surface area contributed by atoms with Crippen molar-refractivity contribution in [3.05, 3.63) is 59.7 Å². The highest BCUT2D eigenvalue weighted by molar-refractivity contribution is 5.57. The molecule has 3 aromatic rings. The van der Waals surface area contributed by atoms with Crippen molar-refractivity contribution in [3.63, 3.8) is 0 Å². The first-order valence-corrected chi connectivity index (χ1v) is 6.17. The molecule has 1 aromatic heterocycles. The lowest BCUT2D eigenvalue weighted by atomic mass is 10.1. The maximum absolute atomic E-state index is 4.12. The summed E-state index contributed by atoms with van der Waals surface area (Å²) in [7, 11) is 0. The van der Waals surface area contributed by atoms with Gasteiger partial charge in [0.2, 0.25) is 0 Å². The molecule has 0 aliphatic heterocycles. The van der Waals surface area contributed by atoms with Gasteiger partial charge in [-0.1, -0.05) is 36.4 Å². The fraction of sp³-hybridized carbons (Fsp3) is 0.133. The minimum atomic E-state index is 0.754. The van der Waals surface area contributed by atoms with Gasteiger partial charge in [0.15, 0.2) is 5.82 Å². The van der Waals surface area contributed by atoms with Gasteiger partial charge in [0.25, 0.3) is 0 Å². The van der Waals surface area contributed by atoms with E-state index in [0.29, 0.717) is 0 Å². The van der Waals surface area contributed by atoms with Crippen molar-refractivity contribution in [3.8, 4) is 17.1 Å². The minimum Gasteiger partial charge on any atom is -0.193 e. The van der Waals surface area contributed by atoms with Crippen LogP contribution in [-0.4, -0.2) is 20.2 Å². The maximum Gasteiger partial charge on any atom is 0.187 e. The molecule has 0 saturated heterocycles. The highest BCUT2D eigenvalue weighted by Gasteiger charge is 2.10. The highest BCUT2D eigenvalue weighted by atomic mass is 15.5. The van der Waals surface area contributed by atoms with Gasteiger partial charge in [-0.25, -0.2) is 0 Å². The second-order valence-corrected chi connectivity index (χ2v) is 4.55. The van der Waals surface area contributed by atoms with E-state index in [0.717, 1.165) is 17.1 Å². The van der Waals surface area contributed by atoms with Gasteiger partial charge in [0, 0.05) is 5.56 Å². The van der Waals surface area contributed by atoms with Crippen LogP contribution in [0.3, 0.4) is 0 Å². The topological polar surface area (TPSA) is 43.6 Å². The summed E-state index contributed by atoms with van der Waals surface area (Å²) < 4.78 is 1.77. The molecule has 0 atom stereocenters. The van der Waals surface area contributed by atoms with Crippen molar-refractivity contribution in [2.45, 2.75) is 13.8 Å². The van der Waals surface area contributed by atoms with Crippen molar-refractivity contribution in [1.29, 1.82) is 0 Å². The number of hydrogen-bond donors (Lipinski definition) is 0. The average Bonchev–Trinajstić information content (AvgIpc) is 2.92. The van der Waals surface area contributed by atoms with Crippen LogP contribution in [0.15, 0.2) is 48.5 Å². The Balaban J connectivity index is 2.12. The fourth-order valence-corrected chi connectivity index (χ4v) is 1.99. The molecule has 1 heterocycles. The Bertz CT molecular complexity index is 701. The molecule has 94 valence electrons. The second kappa shape index (κ2) is 4.65. The average molecular weight is 250 g/mol. The Morgan fingerprint density at radius 2 is 1.68 bits per heavy atom. The van der Waals surface area contributed by atoms with Gasteiger partial charge in [0.05, 0.1) is 5.69 Å². The summed E-state index contributed by atoms with van der Waals surface area (Å²) in [6.45, 7) is 4.18. The SMILES string of the molecule is Cc1ccc(-n2nnnc2-c2ccccc2)cc1C. The summed E-state index contributed by atoms with van der Waals surface area (Å²) in [5.41, 5.74) is 4.47.